The van der Waals surface area contributed by atoms with Crippen LogP contribution in [0.15, 0.2) is 12.1 Å². The molecule has 1 aromatic rings. The Bertz CT molecular complexity index is 683. The number of hydrogen-bond donors (Lipinski definition) is 0. The normalized spacial score (nSPS) is 32.2. The first-order chi connectivity index (χ1) is 10.2. The summed E-state index contributed by atoms with van der Waals surface area (Å²) in [5.74, 6) is 1.81. The van der Waals surface area contributed by atoms with Gasteiger partial charge in [-0.25, -0.2) is 0 Å². The molecule has 1 saturated heterocycles. The molecule has 3 heterocycles. The van der Waals surface area contributed by atoms with Crippen LogP contribution in [0.1, 0.15) is 36.3 Å². The molecule has 3 aliphatic heterocycles. The van der Waals surface area contributed by atoms with Crippen molar-refractivity contribution < 1.29 is 19.1 Å². The van der Waals surface area contributed by atoms with Crippen LogP contribution in [-0.4, -0.2) is 29.4 Å². The quantitative estimate of drug-likeness (QED) is 0.726. The number of ether oxygens (including phenoxy) is 2. The van der Waals surface area contributed by atoms with E-state index in [0.717, 1.165) is 35.5 Å². The largest absolute Gasteiger partial charge is 0.454 e. The van der Waals surface area contributed by atoms with Gasteiger partial charge >= 0.3 is 0 Å². The Hall–Kier alpha value is -2.04. The molecule has 0 N–H and O–H groups in total. The van der Waals surface area contributed by atoms with Crippen molar-refractivity contribution in [1.29, 1.82) is 0 Å². The predicted octanol–water partition coefficient (Wildman–Crippen LogP) is 1.59. The average molecular weight is 285 g/mol. The fourth-order valence-electron chi connectivity index (χ4n) is 4.45. The van der Waals surface area contributed by atoms with Gasteiger partial charge in [-0.05, 0) is 30.4 Å². The van der Waals surface area contributed by atoms with Crippen LogP contribution in [-0.2, 0) is 16.1 Å². The Morgan fingerprint density at radius 2 is 2.05 bits per heavy atom. The van der Waals surface area contributed by atoms with Crippen LogP contribution >= 0.6 is 0 Å². The van der Waals surface area contributed by atoms with E-state index in [2.05, 4.69) is 0 Å². The summed E-state index contributed by atoms with van der Waals surface area (Å²) in [6.07, 6.45) is 2.28. The van der Waals surface area contributed by atoms with Crippen LogP contribution in [0.4, 0.5) is 0 Å². The Balaban J connectivity index is 1.74. The number of amides is 1. The molecule has 1 saturated carbocycles. The summed E-state index contributed by atoms with van der Waals surface area (Å²) >= 11 is 0. The number of rotatable bonds is 0. The summed E-state index contributed by atoms with van der Waals surface area (Å²) in [7, 11) is 0. The van der Waals surface area contributed by atoms with E-state index >= 15 is 0 Å². The highest BCUT2D eigenvalue weighted by Crippen LogP contribution is 2.50. The second-order valence-corrected chi connectivity index (χ2v) is 6.34. The van der Waals surface area contributed by atoms with Crippen molar-refractivity contribution in [3.05, 3.63) is 23.3 Å². The number of carbonyl (C=O) groups is 2. The number of carbonyl (C=O) groups excluding carboxylic acids is 2. The molecule has 1 amide bonds. The van der Waals surface area contributed by atoms with Gasteiger partial charge in [0, 0.05) is 24.4 Å². The van der Waals surface area contributed by atoms with Crippen LogP contribution in [0, 0.1) is 5.92 Å². The van der Waals surface area contributed by atoms with Crippen LogP contribution in [0.2, 0.25) is 0 Å². The van der Waals surface area contributed by atoms with Gasteiger partial charge in [-0.3, -0.25) is 9.59 Å². The number of nitrogens with zero attached hydrogens (tertiary/aromatic N) is 1. The monoisotopic (exact) mass is 285 g/mol. The van der Waals surface area contributed by atoms with Crippen LogP contribution < -0.4 is 9.47 Å². The molecule has 21 heavy (non-hydrogen) atoms. The third-order valence-corrected chi connectivity index (χ3v) is 5.36. The standard InChI is InChI=1S/C16H15NO4/c18-12-5-8-1-3-10-13-9(6-17(12)14(8)15(10)19)2-4-11-16(13)21-7-20-11/h2,4,8,10,14H,1,3,5-7H2. The van der Waals surface area contributed by atoms with E-state index in [-0.39, 0.29) is 36.4 Å². The van der Waals surface area contributed by atoms with Crippen LogP contribution in [0.5, 0.6) is 11.5 Å². The zero-order chi connectivity index (χ0) is 14.1. The molecule has 3 atom stereocenters. The number of ketones is 1. The Kier molecular flexibility index (Phi) is 2.09. The van der Waals surface area contributed by atoms with E-state index in [1.54, 1.807) is 4.90 Å². The number of hydrogen-bond acceptors (Lipinski definition) is 4. The molecule has 2 fully saturated rings. The third kappa shape index (κ3) is 1.36. The van der Waals surface area contributed by atoms with Crippen LogP contribution in [0.25, 0.3) is 0 Å². The molecular weight excluding hydrogens is 270 g/mol. The van der Waals surface area contributed by atoms with Gasteiger partial charge in [0.05, 0.1) is 6.04 Å². The highest BCUT2D eigenvalue weighted by atomic mass is 16.7. The summed E-state index contributed by atoms with van der Waals surface area (Å²) in [6.45, 7) is 0.732. The molecule has 108 valence electrons. The first kappa shape index (κ1) is 11.6. The maximum absolute atomic E-state index is 12.9. The predicted molar refractivity (Wildman–Crippen MR) is 72.0 cm³/mol. The van der Waals surface area contributed by atoms with Gasteiger partial charge in [-0.15, -0.1) is 0 Å². The topological polar surface area (TPSA) is 55.8 Å². The molecule has 5 heteroatoms. The molecule has 4 aliphatic rings. The van der Waals surface area contributed by atoms with E-state index in [0.29, 0.717) is 13.0 Å². The van der Waals surface area contributed by atoms with E-state index in [9.17, 15) is 9.59 Å². The molecule has 0 aromatic heterocycles. The minimum absolute atomic E-state index is 0.115. The third-order valence-electron chi connectivity index (χ3n) is 5.36. The Morgan fingerprint density at radius 1 is 1.14 bits per heavy atom. The number of Topliss-reactive ketones (excluding diaryl/α,β-unsaturated/α-hetero) is 1. The molecule has 3 unspecified atom stereocenters. The van der Waals surface area contributed by atoms with Crippen molar-refractivity contribution in [2.24, 2.45) is 5.92 Å². The smallest absolute Gasteiger partial charge is 0.231 e. The molecule has 1 aromatic carbocycles. The Labute approximate surface area is 121 Å². The second-order valence-electron chi connectivity index (χ2n) is 6.34. The number of fused-ring (bicyclic) bond motifs is 5. The highest BCUT2D eigenvalue weighted by molar-refractivity contribution is 5.99. The van der Waals surface area contributed by atoms with Crippen molar-refractivity contribution in [1.82, 2.24) is 4.90 Å². The molecular formula is C16H15NO4. The van der Waals surface area contributed by atoms with E-state index in [1.807, 2.05) is 12.1 Å². The minimum Gasteiger partial charge on any atom is -0.454 e. The molecule has 0 spiro atoms. The van der Waals surface area contributed by atoms with Crippen molar-refractivity contribution in [2.75, 3.05) is 6.79 Å². The SMILES string of the molecule is O=C1C2CCC3CC(=O)N(Cc4ccc5c(c42)OCO5)C13. The Morgan fingerprint density at radius 3 is 2.95 bits per heavy atom. The zero-order valence-corrected chi connectivity index (χ0v) is 11.5. The van der Waals surface area contributed by atoms with Gasteiger partial charge in [0.15, 0.2) is 17.3 Å². The van der Waals surface area contributed by atoms with Crippen molar-refractivity contribution in [3.8, 4) is 11.5 Å². The van der Waals surface area contributed by atoms with E-state index < -0.39 is 0 Å². The van der Waals surface area contributed by atoms with Gasteiger partial charge in [-0.1, -0.05) is 6.07 Å². The first-order valence-electron chi connectivity index (χ1n) is 7.48. The summed E-state index contributed by atoms with van der Waals surface area (Å²) in [5, 5.41) is 0. The van der Waals surface area contributed by atoms with E-state index in [4.69, 9.17) is 9.47 Å². The summed E-state index contributed by atoms with van der Waals surface area (Å²) in [5.41, 5.74) is 2.01. The summed E-state index contributed by atoms with van der Waals surface area (Å²) in [6, 6.07) is 3.65. The lowest BCUT2D eigenvalue weighted by molar-refractivity contribution is -0.136. The fraction of sp³-hybridized carbons (Fsp3) is 0.500. The van der Waals surface area contributed by atoms with Crippen LogP contribution in [0.3, 0.4) is 0 Å². The highest BCUT2D eigenvalue weighted by Gasteiger charge is 2.52. The van der Waals surface area contributed by atoms with Gasteiger partial charge in [0.2, 0.25) is 12.7 Å². The van der Waals surface area contributed by atoms with E-state index in [1.165, 1.54) is 0 Å². The maximum Gasteiger partial charge on any atom is 0.231 e. The number of benzene rings is 1. The van der Waals surface area contributed by atoms with Gasteiger partial charge in [0.25, 0.3) is 0 Å². The van der Waals surface area contributed by atoms with Crippen molar-refractivity contribution in [3.63, 3.8) is 0 Å². The minimum atomic E-state index is -0.221. The van der Waals surface area contributed by atoms with Crippen molar-refractivity contribution in [2.45, 2.75) is 37.8 Å². The molecule has 2 bridgehead atoms. The lowest BCUT2D eigenvalue weighted by Crippen LogP contribution is -2.43. The van der Waals surface area contributed by atoms with Gasteiger partial charge < -0.3 is 14.4 Å². The van der Waals surface area contributed by atoms with Gasteiger partial charge in [0.1, 0.15) is 0 Å². The lowest BCUT2D eigenvalue weighted by Gasteiger charge is -2.31. The lowest BCUT2D eigenvalue weighted by atomic mass is 9.74. The average Bonchev–Trinajstić information content (AvgIpc) is 3.04. The molecule has 5 nitrogen and oxygen atoms in total. The summed E-state index contributed by atoms with van der Waals surface area (Å²) < 4.78 is 11.1. The second kappa shape index (κ2) is 3.78. The molecule has 5 rings (SSSR count). The molecule has 1 aliphatic carbocycles. The van der Waals surface area contributed by atoms with Gasteiger partial charge in [-0.2, -0.15) is 0 Å². The zero-order valence-electron chi connectivity index (χ0n) is 11.5. The maximum atomic E-state index is 12.9. The molecule has 0 radical (unpaired) electrons. The fourth-order valence-corrected chi connectivity index (χ4v) is 4.45. The first-order valence-corrected chi connectivity index (χ1v) is 7.48. The van der Waals surface area contributed by atoms with Crippen molar-refractivity contribution >= 4 is 11.7 Å². The summed E-state index contributed by atoms with van der Waals surface area (Å²) in [4.78, 5) is 26.9.